The van der Waals surface area contributed by atoms with Crippen LogP contribution < -0.4 is 0 Å². The van der Waals surface area contributed by atoms with Gasteiger partial charge in [0.2, 0.25) is 0 Å². The van der Waals surface area contributed by atoms with Crippen molar-refractivity contribution in [1.82, 2.24) is 0 Å². The third-order valence-electron chi connectivity index (χ3n) is 4.10. The lowest BCUT2D eigenvalue weighted by Gasteiger charge is -2.42. The SMILES string of the molecule is O=CCCCCCC(F)(F)C(F)(F)C(F)(F)C(F)(F)C(F)(F)C(F)(F)C(F)(F)C(F)(F)F. The molecule has 0 radical (unpaired) electrons. The molecule has 0 bridgehead atoms. The highest BCUT2D eigenvalue weighted by molar-refractivity contribution is 5.48. The summed E-state index contributed by atoms with van der Waals surface area (Å²) in [6.45, 7) is 0. The Bertz CT molecular complexity index is 648. The molecule has 0 aromatic heterocycles. The summed E-state index contributed by atoms with van der Waals surface area (Å²) in [7, 11) is 0. The molecule has 0 aliphatic carbocycles. The van der Waals surface area contributed by atoms with Gasteiger partial charge in [-0.3, -0.25) is 0 Å². The summed E-state index contributed by atoms with van der Waals surface area (Å²) in [4.78, 5) is 9.97. The van der Waals surface area contributed by atoms with Crippen LogP contribution in [0.25, 0.3) is 0 Å². The van der Waals surface area contributed by atoms with Crippen molar-refractivity contribution in [3.63, 3.8) is 0 Å². The van der Waals surface area contributed by atoms with Crippen LogP contribution >= 0.6 is 0 Å². The molecular weight excluding hydrogens is 507 g/mol. The highest BCUT2D eigenvalue weighted by Gasteiger charge is 2.95. The van der Waals surface area contributed by atoms with Gasteiger partial charge in [-0.2, -0.15) is 74.6 Å². The van der Waals surface area contributed by atoms with Crippen LogP contribution in [0.1, 0.15) is 32.1 Å². The van der Waals surface area contributed by atoms with Gasteiger partial charge in [0.25, 0.3) is 0 Å². The molecular formula is C14H11F17O. The first-order chi connectivity index (χ1) is 13.8. The molecule has 192 valence electrons. The van der Waals surface area contributed by atoms with Crippen LogP contribution in [0.5, 0.6) is 0 Å². The molecule has 0 saturated carbocycles. The first kappa shape index (κ1) is 30.5. The second kappa shape index (κ2) is 8.68. The molecule has 0 aliphatic heterocycles. The van der Waals surface area contributed by atoms with Gasteiger partial charge >= 0.3 is 47.6 Å². The van der Waals surface area contributed by atoms with E-state index in [4.69, 9.17) is 0 Å². The Morgan fingerprint density at radius 3 is 1.12 bits per heavy atom. The zero-order valence-electron chi connectivity index (χ0n) is 14.9. The normalized spacial score (nSPS) is 15.8. The maximum absolute atomic E-state index is 13.5. The Labute approximate surface area is 166 Å². The fraction of sp³-hybridized carbons (Fsp3) is 0.929. The summed E-state index contributed by atoms with van der Waals surface area (Å²) in [6.07, 6.45) is -12.4. The molecule has 0 N–H and O–H groups in total. The largest absolute Gasteiger partial charge is 0.460 e. The highest BCUT2D eigenvalue weighted by atomic mass is 19.4. The summed E-state index contributed by atoms with van der Waals surface area (Å²) in [5.74, 6) is -56.0. The van der Waals surface area contributed by atoms with Gasteiger partial charge in [-0.05, 0) is 12.8 Å². The molecule has 18 heteroatoms. The quantitative estimate of drug-likeness (QED) is 0.153. The number of aldehydes is 1. The Morgan fingerprint density at radius 1 is 0.438 bits per heavy atom. The standard InChI is InChI=1S/C14H11F17O/c15-7(16,5-3-1-2-4-6-32)8(17,18)9(19,20)10(21,22)11(23,24)12(25,26)13(27,28)14(29,30)31/h6H,1-5H2. The van der Waals surface area contributed by atoms with Gasteiger partial charge in [0, 0.05) is 12.8 Å². The molecule has 0 atom stereocenters. The second-order valence-corrected chi connectivity index (χ2v) is 6.41. The van der Waals surface area contributed by atoms with Crippen molar-refractivity contribution >= 4 is 6.29 Å². The fourth-order valence-corrected chi connectivity index (χ4v) is 2.10. The van der Waals surface area contributed by atoms with Gasteiger partial charge in [-0.25, -0.2) is 0 Å². The van der Waals surface area contributed by atoms with Crippen LogP contribution in [0.15, 0.2) is 0 Å². The summed E-state index contributed by atoms with van der Waals surface area (Å²) >= 11 is 0. The van der Waals surface area contributed by atoms with Gasteiger partial charge in [0.15, 0.2) is 0 Å². The minimum absolute atomic E-state index is 0.209. The zero-order chi connectivity index (χ0) is 26.2. The Morgan fingerprint density at radius 2 is 0.781 bits per heavy atom. The molecule has 0 aromatic rings. The Hall–Kier alpha value is -1.52. The number of rotatable bonds is 12. The Kier molecular flexibility index (Phi) is 8.27. The second-order valence-electron chi connectivity index (χ2n) is 6.41. The van der Waals surface area contributed by atoms with Crippen LogP contribution in [-0.2, 0) is 4.79 Å². The lowest BCUT2D eigenvalue weighted by molar-refractivity contribution is -0.461. The molecule has 0 heterocycles. The maximum Gasteiger partial charge on any atom is 0.460 e. The van der Waals surface area contributed by atoms with Crippen LogP contribution in [0, 0.1) is 0 Å². The molecule has 0 aliphatic rings. The van der Waals surface area contributed by atoms with E-state index in [1.807, 2.05) is 0 Å². The van der Waals surface area contributed by atoms with Crippen molar-refractivity contribution in [2.45, 2.75) is 79.7 Å². The van der Waals surface area contributed by atoms with Crippen LogP contribution in [0.2, 0.25) is 0 Å². The van der Waals surface area contributed by atoms with E-state index in [2.05, 4.69) is 0 Å². The van der Waals surface area contributed by atoms with Crippen molar-refractivity contribution in [3.05, 3.63) is 0 Å². The summed E-state index contributed by atoms with van der Waals surface area (Å²) < 4.78 is 221. The lowest BCUT2D eigenvalue weighted by atomic mass is 9.88. The van der Waals surface area contributed by atoms with E-state index in [9.17, 15) is 79.4 Å². The number of halogens is 17. The van der Waals surface area contributed by atoms with Crippen molar-refractivity contribution in [3.8, 4) is 0 Å². The Balaban J connectivity index is 6.27. The van der Waals surface area contributed by atoms with Crippen LogP contribution in [0.3, 0.4) is 0 Å². The van der Waals surface area contributed by atoms with Crippen molar-refractivity contribution in [2.75, 3.05) is 0 Å². The number of carbonyl (C=O) groups is 1. The first-order valence-electron chi connectivity index (χ1n) is 7.96. The predicted octanol–water partition coefficient (Wildman–Crippen LogP) is 7.15. The maximum atomic E-state index is 13.5. The smallest absolute Gasteiger partial charge is 0.303 e. The zero-order valence-corrected chi connectivity index (χ0v) is 14.9. The molecule has 32 heavy (non-hydrogen) atoms. The molecule has 0 fully saturated rings. The van der Waals surface area contributed by atoms with Gasteiger partial charge in [-0.1, -0.05) is 6.42 Å². The van der Waals surface area contributed by atoms with E-state index < -0.39 is 66.9 Å². The number of alkyl halides is 17. The molecule has 1 nitrogen and oxygen atoms in total. The average Bonchev–Trinajstić information content (AvgIpc) is 2.59. The predicted molar refractivity (Wildman–Crippen MR) is 69.8 cm³/mol. The molecule has 0 rings (SSSR count). The third kappa shape index (κ3) is 4.46. The molecule has 0 spiro atoms. The van der Waals surface area contributed by atoms with E-state index >= 15 is 0 Å². The van der Waals surface area contributed by atoms with Crippen molar-refractivity contribution < 1.29 is 79.4 Å². The average molecular weight is 518 g/mol. The molecule has 0 aromatic carbocycles. The van der Waals surface area contributed by atoms with E-state index in [1.54, 1.807) is 0 Å². The lowest BCUT2D eigenvalue weighted by Crippen LogP contribution is -2.74. The number of hydrogen-bond donors (Lipinski definition) is 0. The van der Waals surface area contributed by atoms with Gasteiger partial charge in [0.05, 0.1) is 0 Å². The summed E-state index contributed by atoms with van der Waals surface area (Å²) in [5, 5.41) is 0. The monoisotopic (exact) mass is 518 g/mol. The van der Waals surface area contributed by atoms with Gasteiger partial charge in [0.1, 0.15) is 6.29 Å². The van der Waals surface area contributed by atoms with E-state index in [1.165, 1.54) is 0 Å². The van der Waals surface area contributed by atoms with Crippen LogP contribution in [-0.4, -0.2) is 53.9 Å². The van der Waals surface area contributed by atoms with Gasteiger partial charge in [-0.15, -0.1) is 0 Å². The van der Waals surface area contributed by atoms with E-state index in [-0.39, 0.29) is 19.1 Å². The fourth-order valence-electron chi connectivity index (χ4n) is 2.10. The molecule has 0 unspecified atom stereocenters. The minimum Gasteiger partial charge on any atom is -0.303 e. The van der Waals surface area contributed by atoms with Gasteiger partial charge < -0.3 is 4.79 Å². The topological polar surface area (TPSA) is 17.1 Å². The minimum atomic E-state index is -8.61. The van der Waals surface area contributed by atoms with Crippen molar-refractivity contribution in [1.29, 1.82) is 0 Å². The van der Waals surface area contributed by atoms with Crippen LogP contribution in [0.4, 0.5) is 74.6 Å². The van der Waals surface area contributed by atoms with E-state index in [0.717, 1.165) is 0 Å². The van der Waals surface area contributed by atoms with Crippen molar-refractivity contribution in [2.24, 2.45) is 0 Å². The molecule has 0 amide bonds. The molecule has 0 saturated heterocycles. The third-order valence-corrected chi connectivity index (χ3v) is 4.10. The summed E-state index contributed by atoms with van der Waals surface area (Å²) in [5.41, 5.74) is 0. The number of carbonyl (C=O) groups excluding carboxylic acids is 1. The summed E-state index contributed by atoms with van der Waals surface area (Å²) in [6, 6.07) is 0. The number of unbranched alkanes of at least 4 members (excludes halogenated alkanes) is 3. The van der Waals surface area contributed by atoms with E-state index in [0.29, 0.717) is 0 Å². The highest BCUT2D eigenvalue weighted by Crippen LogP contribution is 2.64. The first-order valence-corrected chi connectivity index (χ1v) is 7.96. The number of hydrogen-bond acceptors (Lipinski definition) is 1.